The molecule has 0 amide bonds. The Bertz CT molecular complexity index is 789. The van der Waals surface area contributed by atoms with Crippen LogP contribution in [0.1, 0.15) is 5.56 Å². The van der Waals surface area contributed by atoms with Gasteiger partial charge in [-0.25, -0.2) is 12.8 Å². The minimum Gasteiger partial charge on any atom is -0.280 e. The fraction of sp³-hybridized carbons (Fsp3) is 0.0769. The van der Waals surface area contributed by atoms with Gasteiger partial charge in [0.05, 0.1) is 10.5 Å². The van der Waals surface area contributed by atoms with Crippen molar-refractivity contribution in [3.8, 4) is 0 Å². The Morgan fingerprint density at radius 3 is 2.14 bits per heavy atom. The van der Waals surface area contributed by atoms with Crippen LogP contribution in [0.3, 0.4) is 0 Å². The van der Waals surface area contributed by atoms with Crippen molar-refractivity contribution in [1.29, 1.82) is 0 Å². The van der Waals surface area contributed by atoms with E-state index in [0.29, 0.717) is 6.07 Å². The molecule has 2 aromatic carbocycles. The number of anilines is 1. The number of hydrogen-bond acceptors (Lipinski definition) is 2. The zero-order valence-electron chi connectivity index (χ0n) is 10.7. The van der Waals surface area contributed by atoms with Gasteiger partial charge >= 0.3 is 6.18 Å². The van der Waals surface area contributed by atoms with Crippen molar-refractivity contribution in [1.82, 2.24) is 0 Å². The van der Waals surface area contributed by atoms with Crippen molar-refractivity contribution in [3.05, 3.63) is 58.9 Å². The molecule has 3 nitrogen and oxygen atoms in total. The van der Waals surface area contributed by atoms with Gasteiger partial charge in [-0.15, -0.1) is 0 Å². The summed E-state index contributed by atoms with van der Waals surface area (Å²) in [5, 5.41) is -0.243. The average Bonchev–Trinajstić information content (AvgIpc) is 2.40. The van der Waals surface area contributed by atoms with Gasteiger partial charge in [-0.1, -0.05) is 11.6 Å². The molecule has 9 heteroatoms. The zero-order chi connectivity index (χ0) is 16.5. The first-order valence-corrected chi connectivity index (χ1v) is 7.61. The van der Waals surface area contributed by atoms with E-state index in [1.165, 1.54) is 0 Å². The number of sulfonamides is 1. The smallest absolute Gasteiger partial charge is 0.280 e. The topological polar surface area (TPSA) is 46.2 Å². The molecular weight excluding hydrogens is 346 g/mol. The number of nitrogens with one attached hydrogen (secondary N) is 1. The molecule has 0 aliphatic carbocycles. The molecule has 0 spiro atoms. The van der Waals surface area contributed by atoms with E-state index in [9.17, 15) is 26.0 Å². The molecule has 22 heavy (non-hydrogen) atoms. The summed E-state index contributed by atoms with van der Waals surface area (Å²) in [6, 6.07) is 6.47. The Labute approximate surface area is 128 Å². The van der Waals surface area contributed by atoms with Crippen LogP contribution in [0.4, 0.5) is 23.2 Å². The summed E-state index contributed by atoms with van der Waals surface area (Å²) in [5.41, 5.74) is -1.45. The van der Waals surface area contributed by atoms with Crippen LogP contribution >= 0.6 is 11.6 Å². The van der Waals surface area contributed by atoms with Gasteiger partial charge in [-0.3, -0.25) is 4.72 Å². The lowest BCUT2D eigenvalue weighted by Crippen LogP contribution is -2.19. The van der Waals surface area contributed by atoms with E-state index in [0.717, 1.165) is 36.4 Å². The summed E-state index contributed by atoms with van der Waals surface area (Å²) in [6.45, 7) is 0. The largest absolute Gasteiger partial charge is 0.417 e. The monoisotopic (exact) mass is 353 g/mol. The fourth-order valence-corrected chi connectivity index (χ4v) is 3.13. The summed E-state index contributed by atoms with van der Waals surface area (Å²) in [4.78, 5) is -0.964. The Kier molecular flexibility index (Phi) is 4.35. The van der Waals surface area contributed by atoms with Crippen molar-refractivity contribution in [3.63, 3.8) is 0 Å². The quantitative estimate of drug-likeness (QED) is 0.836. The Morgan fingerprint density at radius 1 is 1.00 bits per heavy atom. The van der Waals surface area contributed by atoms with E-state index in [1.54, 1.807) is 0 Å². The Morgan fingerprint density at radius 2 is 1.59 bits per heavy atom. The van der Waals surface area contributed by atoms with Crippen molar-refractivity contribution >= 4 is 27.3 Å². The lowest BCUT2D eigenvalue weighted by Gasteiger charge is -2.14. The van der Waals surface area contributed by atoms with Gasteiger partial charge in [-0.05, 0) is 42.5 Å². The highest BCUT2D eigenvalue weighted by molar-refractivity contribution is 7.92. The lowest BCUT2D eigenvalue weighted by atomic mass is 10.2. The van der Waals surface area contributed by atoms with Crippen LogP contribution in [0.2, 0.25) is 5.02 Å². The van der Waals surface area contributed by atoms with E-state index in [2.05, 4.69) is 0 Å². The number of rotatable bonds is 3. The summed E-state index contributed by atoms with van der Waals surface area (Å²) < 4.78 is 77.8. The maximum atomic E-state index is 12.9. The number of alkyl halides is 3. The number of benzene rings is 2. The van der Waals surface area contributed by atoms with Crippen LogP contribution in [-0.4, -0.2) is 8.42 Å². The molecule has 0 aliphatic heterocycles. The lowest BCUT2D eigenvalue weighted by molar-refractivity contribution is -0.139. The molecule has 2 aromatic rings. The van der Waals surface area contributed by atoms with Crippen molar-refractivity contribution < 1.29 is 26.0 Å². The molecule has 0 saturated heterocycles. The van der Waals surface area contributed by atoms with Crippen LogP contribution in [0, 0.1) is 5.82 Å². The fourth-order valence-electron chi connectivity index (χ4n) is 1.69. The highest BCUT2D eigenvalue weighted by atomic mass is 35.5. The van der Waals surface area contributed by atoms with Crippen LogP contribution < -0.4 is 4.72 Å². The van der Waals surface area contributed by atoms with Crippen molar-refractivity contribution in [2.24, 2.45) is 0 Å². The molecule has 0 heterocycles. The molecule has 2 rings (SSSR count). The summed E-state index contributed by atoms with van der Waals surface area (Å²) in [6.07, 6.45) is -4.89. The third-order valence-electron chi connectivity index (χ3n) is 2.63. The van der Waals surface area contributed by atoms with Gasteiger partial charge < -0.3 is 0 Å². The second kappa shape index (κ2) is 5.77. The normalized spacial score (nSPS) is 12.2. The van der Waals surface area contributed by atoms with Crippen LogP contribution in [0.5, 0.6) is 0 Å². The van der Waals surface area contributed by atoms with Gasteiger partial charge in [0.1, 0.15) is 5.82 Å². The van der Waals surface area contributed by atoms with E-state index < -0.39 is 32.5 Å². The van der Waals surface area contributed by atoms with Crippen molar-refractivity contribution in [2.75, 3.05) is 4.72 Å². The highest BCUT2D eigenvalue weighted by Gasteiger charge is 2.37. The van der Waals surface area contributed by atoms with Crippen molar-refractivity contribution in [2.45, 2.75) is 11.1 Å². The number of halogens is 5. The molecule has 0 radical (unpaired) electrons. The summed E-state index contributed by atoms with van der Waals surface area (Å²) >= 11 is 5.49. The van der Waals surface area contributed by atoms with Gasteiger partial charge in [-0.2, -0.15) is 13.2 Å². The predicted octanol–water partition coefficient (Wildman–Crippen LogP) is 4.30. The molecule has 1 N–H and O–H groups in total. The molecule has 0 bridgehead atoms. The first-order valence-electron chi connectivity index (χ1n) is 5.75. The molecule has 0 unspecified atom stereocenters. The standard InChI is InChI=1S/C13H8ClF4NO2S/c14-8-1-6-12(11(7-8)13(16,17)18)22(20,21)19-10-4-2-9(15)3-5-10/h1-7,19H. The van der Waals surface area contributed by atoms with E-state index in [4.69, 9.17) is 11.6 Å². The minimum atomic E-state index is -4.89. The maximum Gasteiger partial charge on any atom is 0.417 e. The van der Waals surface area contributed by atoms with E-state index >= 15 is 0 Å². The summed E-state index contributed by atoms with van der Waals surface area (Å²) in [7, 11) is -4.51. The molecule has 0 saturated carbocycles. The SMILES string of the molecule is O=S(=O)(Nc1ccc(F)cc1)c1ccc(Cl)cc1C(F)(F)F. The minimum absolute atomic E-state index is 0.0653. The van der Waals surface area contributed by atoms with Gasteiger partial charge in [0.25, 0.3) is 10.0 Å². The second-order valence-electron chi connectivity index (χ2n) is 4.25. The maximum absolute atomic E-state index is 12.9. The molecule has 0 fully saturated rings. The predicted molar refractivity (Wildman–Crippen MR) is 73.7 cm³/mol. The Hall–Kier alpha value is -1.80. The Balaban J connectivity index is 2.48. The third kappa shape index (κ3) is 3.69. The number of hydrogen-bond donors (Lipinski definition) is 1. The molecule has 0 aromatic heterocycles. The zero-order valence-corrected chi connectivity index (χ0v) is 12.2. The molecule has 0 aliphatic rings. The first kappa shape index (κ1) is 16.6. The molecule has 0 atom stereocenters. The van der Waals surface area contributed by atoms with E-state index in [-0.39, 0.29) is 10.7 Å². The van der Waals surface area contributed by atoms with Crippen LogP contribution in [0.15, 0.2) is 47.4 Å². The summed E-state index contributed by atoms with van der Waals surface area (Å²) in [5.74, 6) is -0.606. The second-order valence-corrected chi connectivity index (χ2v) is 6.34. The first-order chi connectivity index (χ1) is 10.1. The van der Waals surface area contributed by atoms with E-state index in [1.807, 2.05) is 4.72 Å². The van der Waals surface area contributed by atoms with Crippen LogP contribution in [0.25, 0.3) is 0 Å². The van der Waals surface area contributed by atoms with Gasteiger partial charge in [0, 0.05) is 10.7 Å². The highest BCUT2D eigenvalue weighted by Crippen LogP contribution is 2.36. The van der Waals surface area contributed by atoms with Gasteiger partial charge in [0.15, 0.2) is 0 Å². The molecule has 118 valence electrons. The van der Waals surface area contributed by atoms with Crippen LogP contribution in [-0.2, 0) is 16.2 Å². The third-order valence-corrected chi connectivity index (χ3v) is 4.31. The molecular formula is C13H8ClF4NO2S. The average molecular weight is 354 g/mol. The van der Waals surface area contributed by atoms with Gasteiger partial charge in [0.2, 0.25) is 0 Å².